The molecule has 1 rings (SSSR count). The fourth-order valence-corrected chi connectivity index (χ4v) is 1.46. The Bertz CT molecular complexity index is 331. The van der Waals surface area contributed by atoms with Crippen LogP contribution >= 0.6 is 0 Å². The topological polar surface area (TPSA) is 12.5 Å². The molecule has 7 heteroatoms. The van der Waals surface area contributed by atoms with Gasteiger partial charge in [0.15, 0.2) is 0 Å². The maximum atomic E-state index is 12.1. The first-order chi connectivity index (χ1) is 7.40. The molecular formula is C10H14BF3KNO. The van der Waals surface area contributed by atoms with E-state index in [1.54, 1.807) is 31.4 Å². The Kier molecular flexibility index (Phi) is 8.02. The first kappa shape index (κ1) is 17.5. The van der Waals surface area contributed by atoms with E-state index in [1.807, 2.05) is 0 Å². The van der Waals surface area contributed by atoms with Crippen molar-refractivity contribution in [3.05, 3.63) is 29.8 Å². The summed E-state index contributed by atoms with van der Waals surface area (Å²) in [6.45, 7) is -4.47. The first-order valence-corrected chi connectivity index (χ1v) is 4.93. The number of methoxy groups -OCH3 is 1. The molecule has 0 atom stereocenters. The van der Waals surface area contributed by atoms with Crippen molar-refractivity contribution in [3.63, 3.8) is 0 Å². The minimum atomic E-state index is -4.75. The molecule has 17 heavy (non-hydrogen) atoms. The second kappa shape index (κ2) is 7.81. The van der Waals surface area contributed by atoms with E-state index in [-0.39, 0.29) is 57.9 Å². The average molecular weight is 271 g/mol. The SMILES string of the molecule is COc1ccc(CN(C)C[B-](F)(F)F)cc1.[K+]. The Labute approximate surface area is 142 Å². The molecule has 90 valence electrons. The molecule has 0 saturated heterocycles. The van der Waals surface area contributed by atoms with Crippen molar-refractivity contribution in [2.45, 2.75) is 6.54 Å². The van der Waals surface area contributed by atoms with Gasteiger partial charge in [0.1, 0.15) is 5.75 Å². The van der Waals surface area contributed by atoms with E-state index in [0.29, 0.717) is 5.75 Å². The molecule has 0 heterocycles. The minimum absolute atomic E-state index is 0. The molecular weight excluding hydrogens is 257 g/mol. The number of rotatable bonds is 5. The maximum Gasteiger partial charge on any atom is 1.00 e. The molecule has 0 aliphatic rings. The monoisotopic (exact) mass is 271 g/mol. The van der Waals surface area contributed by atoms with E-state index in [0.717, 1.165) is 5.56 Å². The van der Waals surface area contributed by atoms with E-state index in [1.165, 1.54) is 11.9 Å². The Hall–Kier alpha value is 0.471. The van der Waals surface area contributed by atoms with Crippen molar-refractivity contribution in [2.24, 2.45) is 0 Å². The van der Waals surface area contributed by atoms with Crippen molar-refractivity contribution >= 4 is 6.98 Å². The van der Waals surface area contributed by atoms with Crippen LogP contribution in [0.15, 0.2) is 24.3 Å². The Morgan fingerprint density at radius 1 is 1.18 bits per heavy atom. The van der Waals surface area contributed by atoms with Gasteiger partial charge in [-0.1, -0.05) is 12.1 Å². The van der Waals surface area contributed by atoms with Crippen LogP contribution in [0.4, 0.5) is 12.9 Å². The summed E-state index contributed by atoms with van der Waals surface area (Å²) in [5.74, 6) is 0.700. The molecule has 0 aliphatic carbocycles. The van der Waals surface area contributed by atoms with Gasteiger partial charge in [-0.25, -0.2) is 0 Å². The van der Waals surface area contributed by atoms with Crippen LogP contribution in [0.2, 0.25) is 0 Å². The molecule has 0 unspecified atom stereocenters. The number of ether oxygens (including phenoxy) is 1. The molecule has 0 amide bonds. The van der Waals surface area contributed by atoms with Crippen molar-refractivity contribution in [3.8, 4) is 5.75 Å². The van der Waals surface area contributed by atoms with Crippen LogP contribution in [-0.4, -0.2) is 32.5 Å². The summed E-state index contributed by atoms with van der Waals surface area (Å²) in [5, 5.41) is 0. The van der Waals surface area contributed by atoms with E-state index < -0.39 is 13.4 Å². The normalized spacial score (nSPS) is 11.2. The number of hydrogen-bond acceptors (Lipinski definition) is 2. The number of hydrogen-bond donors (Lipinski definition) is 0. The Morgan fingerprint density at radius 3 is 2.12 bits per heavy atom. The fourth-order valence-electron chi connectivity index (χ4n) is 1.46. The Balaban J connectivity index is 0.00000256. The summed E-state index contributed by atoms with van der Waals surface area (Å²) < 4.78 is 41.3. The van der Waals surface area contributed by atoms with Crippen LogP contribution < -0.4 is 56.1 Å². The van der Waals surface area contributed by atoms with Gasteiger partial charge < -0.3 is 22.6 Å². The summed E-state index contributed by atoms with van der Waals surface area (Å²) >= 11 is 0. The van der Waals surface area contributed by atoms with E-state index in [2.05, 4.69) is 0 Å². The summed E-state index contributed by atoms with van der Waals surface area (Å²) in [6, 6.07) is 7.00. The number of halogens is 3. The zero-order valence-electron chi connectivity index (χ0n) is 10.3. The summed E-state index contributed by atoms with van der Waals surface area (Å²) in [7, 11) is 3.01. The Morgan fingerprint density at radius 2 is 1.71 bits per heavy atom. The molecule has 0 aliphatic heterocycles. The molecule has 1 aromatic carbocycles. The van der Waals surface area contributed by atoms with Gasteiger partial charge in [0.25, 0.3) is 0 Å². The van der Waals surface area contributed by atoms with Crippen LogP contribution in [-0.2, 0) is 6.54 Å². The molecule has 2 nitrogen and oxygen atoms in total. The quantitative estimate of drug-likeness (QED) is 0.671. The average Bonchev–Trinajstić information content (AvgIpc) is 2.16. The third-order valence-corrected chi connectivity index (χ3v) is 2.13. The zero-order valence-corrected chi connectivity index (χ0v) is 13.4. The third-order valence-electron chi connectivity index (χ3n) is 2.13. The van der Waals surface area contributed by atoms with Crippen LogP contribution in [0.25, 0.3) is 0 Å². The van der Waals surface area contributed by atoms with Gasteiger partial charge in [0, 0.05) is 6.54 Å². The van der Waals surface area contributed by atoms with E-state index >= 15 is 0 Å². The zero-order chi connectivity index (χ0) is 12.2. The summed E-state index contributed by atoms with van der Waals surface area (Å²) in [4.78, 5) is 1.25. The van der Waals surface area contributed by atoms with Gasteiger partial charge in [-0.15, -0.1) is 0 Å². The molecule has 0 spiro atoms. The minimum Gasteiger partial charge on any atom is -0.497 e. The van der Waals surface area contributed by atoms with Gasteiger partial charge in [0.05, 0.1) is 7.11 Å². The van der Waals surface area contributed by atoms with Crippen molar-refractivity contribution in [1.29, 1.82) is 0 Å². The van der Waals surface area contributed by atoms with Gasteiger partial charge in [0.2, 0.25) is 0 Å². The van der Waals surface area contributed by atoms with E-state index in [9.17, 15) is 12.9 Å². The predicted octanol–water partition coefficient (Wildman–Crippen LogP) is -0.482. The largest absolute Gasteiger partial charge is 1.00 e. The van der Waals surface area contributed by atoms with Gasteiger partial charge in [-0.2, -0.15) is 0 Å². The first-order valence-electron chi connectivity index (χ1n) is 4.93. The van der Waals surface area contributed by atoms with Crippen LogP contribution in [0.3, 0.4) is 0 Å². The van der Waals surface area contributed by atoms with Crippen LogP contribution in [0.5, 0.6) is 5.75 Å². The molecule has 0 N–H and O–H groups in total. The second-order valence-corrected chi connectivity index (χ2v) is 3.76. The van der Waals surface area contributed by atoms with Gasteiger partial charge >= 0.3 is 58.4 Å². The third kappa shape index (κ3) is 7.48. The van der Waals surface area contributed by atoms with Crippen molar-refractivity contribution in [2.75, 3.05) is 20.6 Å². The van der Waals surface area contributed by atoms with E-state index in [4.69, 9.17) is 4.74 Å². The molecule has 0 aromatic heterocycles. The second-order valence-electron chi connectivity index (χ2n) is 3.76. The maximum absolute atomic E-state index is 12.1. The summed E-state index contributed by atoms with van der Waals surface area (Å²) in [6.07, 6.45) is -0.841. The molecule has 0 saturated carbocycles. The molecule has 0 radical (unpaired) electrons. The standard InChI is InChI=1S/C10H14BF3NO.K/c1-15(8-11(12,13)14)7-9-3-5-10(16-2)6-4-9;/h3-6H,7-8H2,1-2H3;/q-1;+1. The molecule has 0 bridgehead atoms. The number of benzene rings is 1. The van der Waals surface area contributed by atoms with Crippen LogP contribution in [0.1, 0.15) is 5.56 Å². The van der Waals surface area contributed by atoms with Crippen molar-refractivity contribution < 1.29 is 69.1 Å². The van der Waals surface area contributed by atoms with Crippen LogP contribution in [0, 0.1) is 0 Å². The molecule has 0 fully saturated rings. The smallest absolute Gasteiger partial charge is 0.497 e. The fraction of sp³-hybridized carbons (Fsp3) is 0.400. The summed E-state index contributed by atoms with van der Waals surface area (Å²) in [5.41, 5.74) is 0.836. The van der Waals surface area contributed by atoms with Gasteiger partial charge in [-0.3, -0.25) is 0 Å². The number of nitrogens with zero attached hydrogens (tertiary/aromatic N) is 1. The molecule has 1 aromatic rings. The van der Waals surface area contributed by atoms with Crippen molar-refractivity contribution in [1.82, 2.24) is 4.90 Å². The van der Waals surface area contributed by atoms with Gasteiger partial charge in [-0.05, 0) is 31.2 Å². The predicted molar refractivity (Wildman–Crippen MR) is 58.4 cm³/mol.